The molecule has 1 aliphatic rings. The lowest BCUT2D eigenvalue weighted by molar-refractivity contribution is 0.370. The number of rotatable bonds is 0. The summed E-state index contributed by atoms with van der Waals surface area (Å²) in [6, 6.07) is 0. The van der Waals surface area contributed by atoms with Crippen molar-refractivity contribution in [3.8, 4) is 0 Å². The molecule has 0 amide bonds. The van der Waals surface area contributed by atoms with E-state index >= 15 is 0 Å². The van der Waals surface area contributed by atoms with E-state index in [0.29, 0.717) is 5.76 Å². The van der Waals surface area contributed by atoms with Gasteiger partial charge in [-0.05, 0) is 6.08 Å². The summed E-state index contributed by atoms with van der Waals surface area (Å²) in [4.78, 5) is 0. The number of aliphatic hydroxyl groups excluding tert-OH is 1. The Hall–Kier alpha value is -0.720. The standard InChI is InChI=1S/C6H8O/c1-5-3-2-4-6(5)7/h2-5,7H,1H3/t5-/m1/s1. The van der Waals surface area contributed by atoms with Crippen LogP contribution in [0.4, 0.5) is 0 Å². The second-order valence-corrected chi connectivity index (χ2v) is 1.77. The van der Waals surface area contributed by atoms with Crippen molar-refractivity contribution >= 4 is 0 Å². The minimum absolute atomic E-state index is 0.250. The fraction of sp³-hybridized carbons (Fsp3) is 0.333. The maximum Gasteiger partial charge on any atom is 0.0988 e. The lowest BCUT2D eigenvalue weighted by Crippen LogP contribution is -1.87. The third-order valence-corrected chi connectivity index (χ3v) is 1.13. The molecule has 0 saturated carbocycles. The summed E-state index contributed by atoms with van der Waals surface area (Å²) in [5.74, 6) is 0.722. The Morgan fingerprint density at radius 1 is 1.71 bits per heavy atom. The molecule has 0 saturated heterocycles. The van der Waals surface area contributed by atoms with E-state index in [0.717, 1.165) is 0 Å². The predicted molar refractivity (Wildman–Crippen MR) is 29.0 cm³/mol. The first-order valence-corrected chi connectivity index (χ1v) is 2.38. The van der Waals surface area contributed by atoms with Gasteiger partial charge in [0.25, 0.3) is 0 Å². The van der Waals surface area contributed by atoms with Gasteiger partial charge in [0.1, 0.15) is 0 Å². The molecule has 0 aliphatic heterocycles. The third kappa shape index (κ3) is 0.660. The molecule has 0 aromatic rings. The van der Waals surface area contributed by atoms with E-state index in [4.69, 9.17) is 5.11 Å². The molecule has 1 atom stereocenters. The Labute approximate surface area is 43.0 Å². The minimum atomic E-state index is 0.250. The van der Waals surface area contributed by atoms with E-state index in [1.165, 1.54) is 0 Å². The molecule has 0 aromatic heterocycles. The summed E-state index contributed by atoms with van der Waals surface area (Å²) in [5.41, 5.74) is 0. The zero-order valence-electron chi connectivity index (χ0n) is 4.26. The molecule has 1 heteroatoms. The molecule has 7 heavy (non-hydrogen) atoms. The van der Waals surface area contributed by atoms with Gasteiger partial charge in [0, 0.05) is 5.92 Å². The van der Waals surface area contributed by atoms with Crippen LogP contribution < -0.4 is 0 Å². The normalized spacial score (nSPS) is 28.1. The van der Waals surface area contributed by atoms with Gasteiger partial charge in [0.2, 0.25) is 0 Å². The molecule has 1 nitrogen and oxygen atoms in total. The lowest BCUT2D eigenvalue weighted by atomic mass is 10.2. The molecule has 38 valence electrons. The van der Waals surface area contributed by atoms with Gasteiger partial charge in [-0.3, -0.25) is 0 Å². The lowest BCUT2D eigenvalue weighted by Gasteiger charge is -1.95. The van der Waals surface area contributed by atoms with Crippen LogP contribution in [0.3, 0.4) is 0 Å². The van der Waals surface area contributed by atoms with Gasteiger partial charge in [0.05, 0.1) is 5.76 Å². The number of allylic oxidation sites excluding steroid dienone is 3. The molecule has 0 radical (unpaired) electrons. The molecule has 0 bridgehead atoms. The summed E-state index contributed by atoms with van der Waals surface area (Å²) in [5, 5.41) is 8.80. The van der Waals surface area contributed by atoms with E-state index in [-0.39, 0.29) is 5.92 Å². The molecule has 0 unspecified atom stereocenters. The number of hydrogen-bond acceptors (Lipinski definition) is 1. The van der Waals surface area contributed by atoms with Crippen LogP contribution in [0, 0.1) is 5.92 Å². The Kier molecular flexibility index (Phi) is 0.895. The van der Waals surface area contributed by atoms with Crippen LogP contribution in [-0.2, 0) is 0 Å². The quantitative estimate of drug-likeness (QED) is 0.486. The SMILES string of the molecule is C[C@@H]1C=CC=C1O. The highest BCUT2D eigenvalue weighted by atomic mass is 16.3. The maximum absolute atomic E-state index is 8.80. The van der Waals surface area contributed by atoms with Crippen molar-refractivity contribution in [2.24, 2.45) is 5.92 Å². The van der Waals surface area contributed by atoms with Gasteiger partial charge in [-0.1, -0.05) is 19.1 Å². The molecule has 0 heterocycles. The second kappa shape index (κ2) is 1.41. The van der Waals surface area contributed by atoms with Crippen LogP contribution >= 0.6 is 0 Å². The topological polar surface area (TPSA) is 20.2 Å². The fourth-order valence-corrected chi connectivity index (χ4v) is 0.571. The molecule has 0 spiro atoms. The largest absolute Gasteiger partial charge is 0.512 e. The molecule has 0 aromatic carbocycles. The summed E-state index contributed by atoms with van der Waals surface area (Å²) in [6.07, 6.45) is 5.53. The van der Waals surface area contributed by atoms with Crippen LogP contribution in [0.25, 0.3) is 0 Å². The monoisotopic (exact) mass is 96.1 g/mol. The average molecular weight is 96.1 g/mol. The predicted octanol–water partition coefficient (Wildman–Crippen LogP) is 1.63. The molecular formula is C6H8O. The van der Waals surface area contributed by atoms with Gasteiger partial charge in [0.15, 0.2) is 0 Å². The van der Waals surface area contributed by atoms with Crippen molar-refractivity contribution in [2.75, 3.05) is 0 Å². The highest BCUT2D eigenvalue weighted by molar-refractivity contribution is 5.20. The smallest absolute Gasteiger partial charge is 0.0988 e. The van der Waals surface area contributed by atoms with E-state index in [2.05, 4.69) is 0 Å². The maximum atomic E-state index is 8.80. The van der Waals surface area contributed by atoms with Crippen molar-refractivity contribution in [2.45, 2.75) is 6.92 Å². The fourth-order valence-electron chi connectivity index (χ4n) is 0.571. The van der Waals surface area contributed by atoms with Crippen LogP contribution in [0.5, 0.6) is 0 Å². The first kappa shape index (κ1) is 4.44. The average Bonchev–Trinajstić information content (AvgIpc) is 1.91. The van der Waals surface area contributed by atoms with Crippen molar-refractivity contribution in [1.29, 1.82) is 0 Å². The Bertz CT molecular complexity index is 122. The molecule has 1 N–H and O–H groups in total. The Balaban J connectivity index is 2.69. The van der Waals surface area contributed by atoms with Gasteiger partial charge in [-0.15, -0.1) is 0 Å². The zero-order valence-corrected chi connectivity index (χ0v) is 4.26. The third-order valence-electron chi connectivity index (χ3n) is 1.13. The number of aliphatic hydroxyl groups is 1. The van der Waals surface area contributed by atoms with Crippen molar-refractivity contribution < 1.29 is 5.11 Å². The Morgan fingerprint density at radius 2 is 2.43 bits per heavy atom. The van der Waals surface area contributed by atoms with Crippen LogP contribution in [-0.4, -0.2) is 5.11 Å². The van der Waals surface area contributed by atoms with Crippen molar-refractivity contribution in [3.05, 3.63) is 24.0 Å². The first-order valence-electron chi connectivity index (χ1n) is 2.38. The van der Waals surface area contributed by atoms with Crippen LogP contribution in [0.1, 0.15) is 6.92 Å². The van der Waals surface area contributed by atoms with Gasteiger partial charge < -0.3 is 5.11 Å². The molecule has 1 aliphatic carbocycles. The highest BCUT2D eigenvalue weighted by Crippen LogP contribution is 2.13. The molecule has 1 rings (SSSR count). The summed E-state index contributed by atoms with van der Waals surface area (Å²) in [7, 11) is 0. The van der Waals surface area contributed by atoms with Crippen LogP contribution in [0.15, 0.2) is 24.0 Å². The van der Waals surface area contributed by atoms with E-state index in [1.54, 1.807) is 6.08 Å². The Morgan fingerprint density at radius 3 is 2.57 bits per heavy atom. The summed E-state index contributed by atoms with van der Waals surface area (Å²) >= 11 is 0. The second-order valence-electron chi connectivity index (χ2n) is 1.77. The van der Waals surface area contributed by atoms with Gasteiger partial charge in [-0.2, -0.15) is 0 Å². The molecular weight excluding hydrogens is 88.1 g/mol. The molecule has 0 fully saturated rings. The number of hydrogen-bond donors (Lipinski definition) is 1. The van der Waals surface area contributed by atoms with Crippen molar-refractivity contribution in [1.82, 2.24) is 0 Å². The first-order chi connectivity index (χ1) is 3.30. The van der Waals surface area contributed by atoms with Gasteiger partial charge >= 0.3 is 0 Å². The van der Waals surface area contributed by atoms with Crippen molar-refractivity contribution in [3.63, 3.8) is 0 Å². The summed E-state index contributed by atoms with van der Waals surface area (Å²) < 4.78 is 0. The summed E-state index contributed by atoms with van der Waals surface area (Å²) in [6.45, 7) is 1.95. The zero-order chi connectivity index (χ0) is 5.28. The van der Waals surface area contributed by atoms with E-state index in [1.807, 2.05) is 19.1 Å². The van der Waals surface area contributed by atoms with Crippen LogP contribution in [0.2, 0.25) is 0 Å². The minimum Gasteiger partial charge on any atom is -0.512 e. The van der Waals surface area contributed by atoms with E-state index < -0.39 is 0 Å². The van der Waals surface area contributed by atoms with E-state index in [9.17, 15) is 0 Å². The highest BCUT2D eigenvalue weighted by Gasteiger charge is 2.04. The van der Waals surface area contributed by atoms with Gasteiger partial charge in [-0.25, -0.2) is 0 Å².